The van der Waals surface area contributed by atoms with E-state index in [0.29, 0.717) is 5.82 Å². The smallest absolute Gasteiger partial charge is 0.349 e. The van der Waals surface area contributed by atoms with Crippen molar-refractivity contribution < 1.29 is 14.1 Å². The molecule has 2 heterocycles. The molecule has 0 aliphatic rings. The molecule has 0 saturated carbocycles. The molecule has 0 bridgehead atoms. The van der Waals surface area contributed by atoms with Crippen LogP contribution in [0.15, 0.2) is 44.9 Å². The maximum absolute atomic E-state index is 12.3. The van der Waals surface area contributed by atoms with Gasteiger partial charge in [-0.15, -0.1) is 0 Å². The number of halogens is 1. The molecule has 2 aromatic heterocycles. The van der Waals surface area contributed by atoms with Crippen LogP contribution in [0.3, 0.4) is 0 Å². The van der Waals surface area contributed by atoms with Crippen molar-refractivity contribution in [3.63, 3.8) is 0 Å². The SMILES string of the molecule is Cc1noc(COC(=O)C(C#N)=Cc2cc(C)n(-c3ccc(Br)cc3)c2C)n1. The van der Waals surface area contributed by atoms with Gasteiger partial charge < -0.3 is 13.8 Å². The predicted molar refractivity (Wildman–Crippen MR) is 105 cm³/mol. The highest BCUT2D eigenvalue weighted by molar-refractivity contribution is 9.10. The molecule has 0 amide bonds. The number of benzene rings is 1. The van der Waals surface area contributed by atoms with E-state index in [0.717, 1.165) is 27.1 Å². The second-order valence-corrected chi connectivity index (χ2v) is 7.04. The highest BCUT2D eigenvalue weighted by Crippen LogP contribution is 2.24. The molecule has 142 valence electrons. The molecule has 8 heteroatoms. The van der Waals surface area contributed by atoms with Gasteiger partial charge in [-0.25, -0.2) is 4.79 Å². The molecule has 3 aromatic rings. The zero-order valence-electron chi connectivity index (χ0n) is 15.6. The number of esters is 1. The third-order valence-electron chi connectivity index (χ3n) is 4.09. The van der Waals surface area contributed by atoms with Crippen LogP contribution in [0.4, 0.5) is 0 Å². The number of nitriles is 1. The number of hydrogen-bond donors (Lipinski definition) is 0. The van der Waals surface area contributed by atoms with Crippen LogP contribution in [-0.4, -0.2) is 20.7 Å². The standard InChI is InChI=1S/C20H17BrN4O3/c1-12-8-15(13(2)25(12)18-6-4-17(21)5-7-18)9-16(10-22)20(26)27-11-19-23-14(3)24-28-19/h4-9H,11H2,1-3H3. The fraction of sp³-hybridized carbons (Fsp3) is 0.200. The maximum atomic E-state index is 12.3. The predicted octanol–water partition coefficient (Wildman–Crippen LogP) is 4.20. The van der Waals surface area contributed by atoms with Crippen LogP contribution < -0.4 is 0 Å². The van der Waals surface area contributed by atoms with Crippen molar-refractivity contribution in [1.82, 2.24) is 14.7 Å². The summed E-state index contributed by atoms with van der Waals surface area (Å²) in [5.74, 6) is -0.120. The average Bonchev–Trinajstić information content (AvgIpc) is 3.21. The fourth-order valence-corrected chi connectivity index (χ4v) is 3.08. The summed E-state index contributed by atoms with van der Waals surface area (Å²) in [5.41, 5.74) is 3.55. The van der Waals surface area contributed by atoms with Crippen LogP contribution in [0.5, 0.6) is 0 Å². The molecule has 28 heavy (non-hydrogen) atoms. The molecule has 0 N–H and O–H groups in total. The molecule has 0 aliphatic carbocycles. The number of nitrogens with zero attached hydrogens (tertiary/aromatic N) is 4. The minimum Gasteiger partial charge on any atom is -0.451 e. The first-order valence-corrected chi connectivity index (χ1v) is 9.21. The second-order valence-electron chi connectivity index (χ2n) is 6.12. The van der Waals surface area contributed by atoms with E-state index in [9.17, 15) is 10.1 Å². The van der Waals surface area contributed by atoms with E-state index in [-0.39, 0.29) is 18.1 Å². The van der Waals surface area contributed by atoms with Crippen LogP contribution in [-0.2, 0) is 16.1 Å². The molecule has 1 aromatic carbocycles. The van der Waals surface area contributed by atoms with Crippen molar-refractivity contribution in [2.75, 3.05) is 0 Å². The summed E-state index contributed by atoms with van der Waals surface area (Å²) < 4.78 is 13.0. The zero-order chi connectivity index (χ0) is 20.3. The number of carbonyl (C=O) groups excluding carboxylic acids is 1. The van der Waals surface area contributed by atoms with E-state index in [1.54, 1.807) is 6.92 Å². The molecule has 0 aliphatic heterocycles. The summed E-state index contributed by atoms with van der Waals surface area (Å²) in [6, 6.07) is 11.7. The van der Waals surface area contributed by atoms with Gasteiger partial charge in [-0.1, -0.05) is 21.1 Å². The number of ether oxygens (including phenoxy) is 1. The van der Waals surface area contributed by atoms with Crippen LogP contribution in [0.2, 0.25) is 0 Å². The summed E-state index contributed by atoms with van der Waals surface area (Å²) in [7, 11) is 0. The fourth-order valence-electron chi connectivity index (χ4n) is 2.82. The summed E-state index contributed by atoms with van der Waals surface area (Å²) in [4.78, 5) is 16.2. The highest BCUT2D eigenvalue weighted by atomic mass is 79.9. The Morgan fingerprint density at radius 2 is 2.04 bits per heavy atom. The van der Waals surface area contributed by atoms with Crippen molar-refractivity contribution in [2.24, 2.45) is 0 Å². The van der Waals surface area contributed by atoms with Gasteiger partial charge >= 0.3 is 5.97 Å². The molecule has 0 unspecified atom stereocenters. The zero-order valence-corrected chi connectivity index (χ0v) is 17.1. The molecule has 0 radical (unpaired) electrons. The maximum Gasteiger partial charge on any atom is 0.349 e. The number of hydrogen-bond acceptors (Lipinski definition) is 6. The van der Waals surface area contributed by atoms with Crippen molar-refractivity contribution in [3.05, 3.63) is 69.0 Å². The molecule has 0 spiro atoms. The first kappa shape index (κ1) is 19.6. The van der Waals surface area contributed by atoms with Gasteiger partial charge in [0.15, 0.2) is 12.4 Å². The van der Waals surface area contributed by atoms with E-state index in [2.05, 4.69) is 30.6 Å². The Bertz CT molecular complexity index is 1090. The summed E-state index contributed by atoms with van der Waals surface area (Å²) >= 11 is 3.43. The number of aryl methyl sites for hydroxylation is 2. The Morgan fingerprint density at radius 3 is 2.64 bits per heavy atom. The lowest BCUT2D eigenvalue weighted by molar-refractivity contribution is -0.140. The second kappa shape index (κ2) is 8.23. The first-order valence-electron chi connectivity index (χ1n) is 8.42. The van der Waals surface area contributed by atoms with E-state index >= 15 is 0 Å². The van der Waals surface area contributed by atoms with Crippen LogP contribution in [0.25, 0.3) is 11.8 Å². The largest absolute Gasteiger partial charge is 0.451 e. The van der Waals surface area contributed by atoms with Crippen LogP contribution in [0, 0.1) is 32.1 Å². The Morgan fingerprint density at radius 1 is 1.32 bits per heavy atom. The molecule has 3 rings (SSSR count). The minimum atomic E-state index is -0.744. The van der Waals surface area contributed by atoms with Gasteiger partial charge in [-0.05, 0) is 62.7 Å². The summed E-state index contributed by atoms with van der Waals surface area (Å²) in [5, 5.41) is 13.0. The average molecular weight is 441 g/mol. The summed E-state index contributed by atoms with van der Waals surface area (Å²) in [6.45, 7) is 5.38. The van der Waals surface area contributed by atoms with Gasteiger partial charge in [0.25, 0.3) is 5.89 Å². The topological polar surface area (TPSA) is 93.9 Å². The van der Waals surface area contributed by atoms with Crippen molar-refractivity contribution in [1.29, 1.82) is 5.26 Å². The Balaban J connectivity index is 1.84. The lowest BCUT2D eigenvalue weighted by atomic mass is 10.1. The number of rotatable bonds is 5. The van der Waals surface area contributed by atoms with E-state index in [1.165, 1.54) is 6.08 Å². The van der Waals surface area contributed by atoms with Crippen molar-refractivity contribution in [2.45, 2.75) is 27.4 Å². The van der Waals surface area contributed by atoms with E-state index in [4.69, 9.17) is 9.26 Å². The van der Waals surface area contributed by atoms with Gasteiger partial charge in [-0.3, -0.25) is 0 Å². The van der Waals surface area contributed by atoms with Gasteiger partial charge in [-0.2, -0.15) is 10.2 Å². The molecule has 0 saturated heterocycles. The highest BCUT2D eigenvalue weighted by Gasteiger charge is 2.16. The number of carbonyl (C=O) groups is 1. The third kappa shape index (κ3) is 4.21. The number of aromatic nitrogens is 3. The van der Waals surface area contributed by atoms with E-state index in [1.807, 2.05) is 50.2 Å². The molecular formula is C20H17BrN4O3. The molecule has 0 fully saturated rings. The van der Waals surface area contributed by atoms with Gasteiger partial charge in [0, 0.05) is 21.5 Å². The van der Waals surface area contributed by atoms with Crippen LogP contribution in [0.1, 0.15) is 28.7 Å². The monoisotopic (exact) mass is 440 g/mol. The molecule has 0 atom stereocenters. The summed E-state index contributed by atoms with van der Waals surface area (Å²) in [6.07, 6.45) is 1.53. The first-order chi connectivity index (χ1) is 13.4. The van der Waals surface area contributed by atoms with E-state index < -0.39 is 5.97 Å². The Hall–Kier alpha value is -3.18. The van der Waals surface area contributed by atoms with Gasteiger partial charge in [0.1, 0.15) is 11.6 Å². The van der Waals surface area contributed by atoms with Gasteiger partial charge in [0.05, 0.1) is 0 Å². The Kier molecular flexibility index (Phi) is 5.76. The third-order valence-corrected chi connectivity index (χ3v) is 4.62. The lowest BCUT2D eigenvalue weighted by Gasteiger charge is -2.09. The quantitative estimate of drug-likeness (QED) is 0.335. The van der Waals surface area contributed by atoms with Crippen molar-refractivity contribution in [3.8, 4) is 11.8 Å². The lowest BCUT2D eigenvalue weighted by Crippen LogP contribution is -2.07. The normalized spacial score (nSPS) is 11.3. The minimum absolute atomic E-state index is 0.104. The molecule has 7 nitrogen and oxygen atoms in total. The van der Waals surface area contributed by atoms with Crippen molar-refractivity contribution >= 4 is 28.0 Å². The van der Waals surface area contributed by atoms with Crippen LogP contribution >= 0.6 is 15.9 Å². The van der Waals surface area contributed by atoms with Gasteiger partial charge in [0.2, 0.25) is 0 Å². The molecular weight excluding hydrogens is 424 g/mol. The Labute approximate surface area is 170 Å².